The molecule has 0 unspecified atom stereocenters. The molecule has 0 atom stereocenters. The van der Waals surface area contributed by atoms with Crippen LogP contribution in [0.15, 0.2) is 41.7 Å². The minimum Gasteiger partial charge on any atom is -0.324 e. The van der Waals surface area contributed by atoms with Crippen molar-refractivity contribution in [3.05, 3.63) is 47.9 Å². The van der Waals surface area contributed by atoms with Gasteiger partial charge in [-0.15, -0.1) is 10.2 Å². The first-order valence-corrected chi connectivity index (χ1v) is 7.89. The van der Waals surface area contributed by atoms with Crippen LogP contribution in [0, 0.1) is 0 Å². The van der Waals surface area contributed by atoms with Gasteiger partial charge in [0.2, 0.25) is 0 Å². The molecular weight excluding hydrogens is 282 g/mol. The van der Waals surface area contributed by atoms with E-state index in [2.05, 4.69) is 50.9 Å². The van der Waals surface area contributed by atoms with E-state index >= 15 is 0 Å². The second-order valence-electron chi connectivity index (χ2n) is 4.63. The van der Waals surface area contributed by atoms with E-state index in [9.17, 15) is 0 Å². The number of thioether (sulfide) groups is 1. The van der Waals surface area contributed by atoms with Crippen molar-refractivity contribution in [1.29, 1.82) is 0 Å². The van der Waals surface area contributed by atoms with E-state index < -0.39 is 0 Å². The van der Waals surface area contributed by atoms with E-state index in [1.807, 2.05) is 12.3 Å². The van der Waals surface area contributed by atoms with Crippen LogP contribution in [-0.2, 0) is 18.8 Å². The van der Waals surface area contributed by atoms with Crippen LogP contribution in [0.4, 0.5) is 0 Å². The van der Waals surface area contributed by atoms with Crippen LogP contribution < -0.4 is 5.73 Å². The normalized spacial score (nSPS) is 11.1. The van der Waals surface area contributed by atoms with Crippen molar-refractivity contribution in [1.82, 2.24) is 19.7 Å². The van der Waals surface area contributed by atoms with Gasteiger partial charge in [0, 0.05) is 23.9 Å². The van der Waals surface area contributed by atoms with Crippen LogP contribution in [-0.4, -0.2) is 19.7 Å². The van der Waals surface area contributed by atoms with Crippen LogP contribution in [0.1, 0.15) is 18.3 Å². The Kier molecular flexibility index (Phi) is 4.17. The molecule has 0 aliphatic carbocycles. The number of rotatable bonds is 5. The predicted molar refractivity (Wildman–Crippen MR) is 84.9 cm³/mol. The van der Waals surface area contributed by atoms with Gasteiger partial charge in [-0.25, -0.2) is 0 Å². The first kappa shape index (κ1) is 14.0. The van der Waals surface area contributed by atoms with Crippen molar-refractivity contribution < 1.29 is 0 Å². The molecule has 0 amide bonds. The van der Waals surface area contributed by atoms with Gasteiger partial charge in [0.05, 0.1) is 12.1 Å². The standard InChI is InChI=1S/C15H17N5S/c1-2-20-13(9-16)18-19-15(20)21-10-12-6-3-5-11-7-4-8-17-14(11)12/h3-8H,2,9-10,16H2,1H3. The van der Waals surface area contributed by atoms with Crippen molar-refractivity contribution >= 4 is 22.7 Å². The average Bonchev–Trinajstić information content (AvgIpc) is 2.94. The number of para-hydroxylation sites is 1. The number of hydrogen-bond donors (Lipinski definition) is 1. The minimum absolute atomic E-state index is 0.414. The van der Waals surface area contributed by atoms with Crippen LogP contribution in [0.25, 0.3) is 10.9 Å². The molecule has 0 fully saturated rings. The number of nitrogens with two attached hydrogens (primary N) is 1. The molecule has 0 saturated heterocycles. The highest BCUT2D eigenvalue weighted by atomic mass is 32.2. The summed E-state index contributed by atoms with van der Waals surface area (Å²) in [5.74, 6) is 1.65. The van der Waals surface area contributed by atoms with E-state index in [1.54, 1.807) is 11.8 Å². The summed E-state index contributed by atoms with van der Waals surface area (Å²) >= 11 is 1.67. The molecule has 0 spiro atoms. The molecule has 5 nitrogen and oxygen atoms in total. The summed E-state index contributed by atoms with van der Waals surface area (Å²) < 4.78 is 2.06. The Morgan fingerprint density at radius 2 is 2.05 bits per heavy atom. The second kappa shape index (κ2) is 6.24. The second-order valence-corrected chi connectivity index (χ2v) is 5.57. The van der Waals surface area contributed by atoms with Crippen molar-refractivity contribution in [2.24, 2.45) is 5.73 Å². The summed E-state index contributed by atoms with van der Waals surface area (Å²) in [5.41, 5.74) is 7.94. The first-order valence-electron chi connectivity index (χ1n) is 6.91. The van der Waals surface area contributed by atoms with Crippen LogP contribution in [0.5, 0.6) is 0 Å². The predicted octanol–water partition coefficient (Wildman–Crippen LogP) is 2.60. The third-order valence-corrected chi connectivity index (χ3v) is 4.38. The van der Waals surface area contributed by atoms with E-state index in [-0.39, 0.29) is 0 Å². The monoisotopic (exact) mass is 299 g/mol. The van der Waals surface area contributed by atoms with Gasteiger partial charge < -0.3 is 10.3 Å². The summed E-state index contributed by atoms with van der Waals surface area (Å²) in [6, 6.07) is 10.3. The molecule has 3 aromatic rings. The van der Waals surface area contributed by atoms with E-state index in [0.29, 0.717) is 6.54 Å². The van der Waals surface area contributed by atoms with Gasteiger partial charge in [-0.05, 0) is 18.6 Å². The summed E-state index contributed by atoms with van der Waals surface area (Å²) in [6.45, 7) is 3.32. The zero-order valence-corrected chi connectivity index (χ0v) is 12.7. The van der Waals surface area contributed by atoms with Crippen LogP contribution in [0.2, 0.25) is 0 Å². The topological polar surface area (TPSA) is 69.6 Å². The third-order valence-electron chi connectivity index (χ3n) is 3.37. The highest BCUT2D eigenvalue weighted by Crippen LogP contribution is 2.25. The Hall–Kier alpha value is -1.92. The van der Waals surface area contributed by atoms with Gasteiger partial charge >= 0.3 is 0 Å². The molecule has 6 heteroatoms. The van der Waals surface area contributed by atoms with Gasteiger partial charge in [0.1, 0.15) is 5.82 Å². The Balaban J connectivity index is 1.85. The van der Waals surface area contributed by atoms with Crippen molar-refractivity contribution in [2.75, 3.05) is 0 Å². The first-order chi connectivity index (χ1) is 10.3. The third kappa shape index (κ3) is 2.77. The van der Waals surface area contributed by atoms with Crippen LogP contribution in [0.3, 0.4) is 0 Å². The van der Waals surface area contributed by atoms with Gasteiger partial charge in [-0.3, -0.25) is 4.98 Å². The van der Waals surface area contributed by atoms with Gasteiger partial charge in [-0.1, -0.05) is 36.0 Å². The van der Waals surface area contributed by atoms with Crippen LogP contribution >= 0.6 is 11.8 Å². The molecule has 0 saturated carbocycles. The number of fused-ring (bicyclic) bond motifs is 1. The molecule has 0 aliphatic rings. The molecule has 0 radical (unpaired) electrons. The Morgan fingerprint density at radius 1 is 1.19 bits per heavy atom. The molecule has 1 aromatic carbocycles. The van der Waals surface area contributed by atoms with Crippen molar-refractivity contribution in [3.63, 3.8) is 0 Å². The molecule has 0 aliphatic heterocycles. The maximum atomic E-state index is 5.68. The molecule has 21 heavy (non-hydrogen) atoms. The average molecular weight is 299 g/mol. The number of pyridine rings is 1. The summed E-state index contributed by atoms with van der Waals surface area (Å²) in [4.78, 5) is 4.48. The molecule has 2 heterocycles. The summed E-state index contributed by atoms with van der Waals surface area (Å²) in [6.07, 6.45) is 1.83. The lowest BCUT2D eigenvalue weighted by atomic mass is 10.1. The quantitative estimate of drug-likeness (QED) is 0.733. The Labute approximate surface area is 127 Å². The number of hydrogen-bond acceptors (Lipinski definition) is 5. The molecular formula is C15H17N5S. The molecule has 2 N–H and O–H groups in total. The summed E-state index contributed by atoms with van der Waals surface area (Å²) in [7, 11) is 0. The minimum atomic E-state index is 0.414. The van der Waals surface area contributed by atoms with Gasteiger partial charge in [-0.2, -0.15) is 0 Å². The van der Waals surface area contributed by atoms with E-state index in [1.165, 1.54) is 5.56 Å². The maximum Gasteiger partial charge on any atom is 0.191 e. The molecule has 2 aromatic heterocycles. The SMILES string of the molecule is CCn1c(CN)nnc1SCc1cccc2cccnc12. The number of aromatic nitrogens is 4. The highest BCUT2D eigenvalue weighted by Gasteiger charge is 2.11. The van der Waals surface area contributed by atoms with Crippen molar-refractivity contribution in [3.8, 4) is 0 Å². The summed E-state index contributed by atoms with van der Waals surface area (Å²) in [5, 5.41) is 10.4. The lowest BCUT2D eigenvalue weighted by Crippen LogP contribution is -2.08. The fourth-order valence-electron chi connectivity index (χ4n) is 2.32. The zero-order valence-electron chi connectivity index (χ0n) is 11.9. The maximum absolute atomic E-state index is 5.68. The smallest absolute Gasteiger partial charge is 0.191 e. The zero-order chi connectivity index (χ0) is 14.7. The highest BCUT2D eigenvalue weighted by molar-refractivity contribution is 7.98. The fraction of sp³-hybridized carbons (Fsp3) is 0.267. The molecule has 3 rings (SSSR count). The van der Waals surface area contributed by atoms with Gasteiger partial charge in [0.25, 0.3) is 0 Å². The Bertz CT molecular complexity index is 747. The number of benzene rings is 1. The van der Waals surface area contributed by atoms with Crippen molar-refractivity contribution in [2.45, 2.75) is 30.9 Å². The lowest BCUT2D eigenvalue weighted by molar-refractivity contribution is 0.643. The lowest BCUT2D eigenvalue weighted by Gasteiger charge is -2.07. The van der Waals surface area contributed by atoms with E-state index in [4.69, 9.17) is 5.73 Å². The molecule has 0 bridgehead atoms. The Morgan fingerprint density at radius 3 is 2.86 bits per heavy atom. The van der Waals surface area contributed by atoms with E-state index in [0.717, 1.165) is 34.2 Å². The number of nitrogens with zero attached hydrogens (tertiary/aromatic N) is 4. The fourth-order valence-corrected chi connectivity index (χ4v) is 3.33. The largest absolute Gasteiger partial charge is 0.324 e. The van der Waals surface area contributed by atoms with Gasteiger partial charge in [0.15, 0.2) is 5.16 Å². The molecule has 108 valence electrons.